The summed E-state index contributed by atoms with van der Waals surface area (Å²) in [5.74, 6) is 0.845. The summed E-state index contributed by atoms with van der Waals surface area (Å²) in [6.07, 6.45) is 3.08. The third kappa shape index (κ3) is 4.93. The molecule has 1 aromatic heterocycles. The lowest BCUT2D eigenvalue weighted by Crippen LogP contribution is -2.26. The molecule has 0 saturated carbocycles. The zero-order chi connectivity index (χ0) is 20.1. The van der Waals surface area contributed by atoms with Crippen LogP contribution in [0.5, 0.6) is 5.75 Å². The molecule has 0 spiro atoms. The van der Waals surface area contributed by atoms with E-state index in [0.29, 0.717) is 0 Å². The lowest BCUT2D eigenvalue weighted by Gasteiger charge is -2.25. The molecule has 0 unspecified atom stereocenters. The Morgan fingerprint density at radius 2 is 1.86 bits per heavy atom. The summed E-state index contributed by atoms with van der Waals surface area (Å²) < 4.78 is 5.20. The van der Waals surface area contributed by atoms with Gasteiger partial charge in [-0.3, -0.25) is 0 Å². The van der Waals surface area contributed by atoms with Gasteiger partial charge in [0, 0.05) is 30.9 Å². The van der Waals surface area contributed by atoms with Gasteiger partial charge in [0.2, 0.25) is 0 Å². The quantitative estimate of drug-likeness (QED) is 0.615. The molecule has 0 atom stereocenters. The van der Waals surface area contributed by atoms with Crippen molar-refractivity contribution in [2.24, 2.45) is 0 Å². The molecule has 5 nitrogen and oxygen atoms in total. The molecule has 1 aliphatic rings. The van der Waals surface area contributed by atoms with E-state index in [1.807, 2.05) is 30.3 Å². The fraction of sp³-hybridized carbons (Fsp3) is 0.333. The number of methoxy groups -OCH3 is 1. The summed E-state index contributed by atoms with van der Waals surface area (Å²) in [5.41, 5.74) is 7.11. The number of rotatable bonds is 7. The molecule has 0 bridgehead atoms. The summed E-state index contributed by atoms with van der Waals surface area (Å²) in [4.78, 5) is 2.37. The van der Waals surface area contributed by atoms with Crippen LogP contribution in [0.1, 0.15) is 23.2 Å². The molecule has 0 amide bonds. The Hall–Kier alpha value is -2.92. The zero-order valence-electron chi connectivity index (χ0n) is 17.2. The van der Waals surface area contributed by atoms with E-state index in [9.17, 15) is 0 Å². The van der Waals surface area contributed by atoms with Gasteiger partial charge in [-0.25, -0.2) is 0 Å². The van der Waals surface area contributed by atoms with Crippen LogP contribution in [0.2, 0.25) is 0 Å². The van der Waals surface area contributed by atoms with Crippen LogP contribution < -0.4 is 10.1 Å². The predicted octanol–water partition coefficient (Wildman–Crippen LogP) is 4.18. The Morgan fingerprint density at radius 1 is 1.00 bits per heavy atom. The van der Waals surface area contributed by atoms with E-state index in [-0.39, 0.29) is 0 Å². The Morgan fingerprint density at radius 3 is 2.62 bits per heavy atom. The van der Waals surface area contributed by atoms with Gasteiger partial charge in [-0.05, 0) is 86.0 Å². The Balaban J connectivity index is 1.26. The summed E-state index contributed by atoms with van der Waals surface area (Å²) in [6, 6.07) is 18.8. The SMILES string of the molecule is COc1ccc(-c2ccc(CCCNc3ccc4c(c3)CCN(C)C4)nn2)cc1. The van der Waals surface area contributed by atoms with Crippen molar-refractivity contribution in [3.63, 3.8) is 0 Å². The standard InChI is InChI=1S/C24H28N4O/c1-28-15-13-19-16-22(8-5-20(19)17-28)25-14-3-4-21-9-12-24(27-26-21)18-6-10-23(29-2)11-7-18/h5-12,16,25H,3-4,13-15,17H2,1-2H3. The second-order valence-corrected chi connectivity index (χ2v) is 7.64. The van der Waals surface area contributed by atoms with Crippen LogP contribution >= 0.6 is 0 Å². The van der Waals surface area contributed by atoms with E-state index in [4.69, 9.17) is 4.74 Å². The summed E-state index contributed by atoms with van der Waals surface area (Å²) in [5, 5.41) is 12.3. The number of benzene rings is 2. The number of hydrogen-bond acceptors (Lipinski definition) is 5. The number of aromatic nitrogens is 2. The maximum Gasteiger partial charge on any atom is 0.118 e. The van der Waals surface area contributed by atoms with Crippen molar-refractivity contribution in [3.05, 3.63) is 71.4 Å². The van der Waals surface area contributed by atoms with Gasteiger partial charge < -0.3 is 15.0 Å². The van der Waals surface area contributed by atoms with E-state index in [1.54, 1.807) is 7.11 Å². The molecule has 2 aromatic carbocycles. The van der Waals surface area contributed by atoms with Crippen molar-refractivity contribution in [2.75, 3.05) is 32.6 Å². The molecule has 0 radical (unpaired) electrons. The average Bonchev–Trinajstić information content (AvgIpc) is 2.77. The van der Waals surface area contributed by atoms with Gasteiger partial charge in [-0.2, -0.15) is 10.2 Å². The Bertz CT molecular complexity index is 938. The van der Waals surface area contributed by atoms with Crippen LogP contribution in [-0.4, -0.2) is 42.3 Å². The van der Waals surface area contributed by atoms with E-state index in [1.165, 1.54) is 16.8 Å². The third-order valence-corrected chi connectivity index (χ3v) is 5.45. The number of fused-ring (bicyclic) bond motifs is 1. The minimum absolute atomic E-state index is 0.845. The van der Waals surface area contributed by atoms with Crippen molar-refractivity contribution in [3.8, 4) is 17.0 Å². The number of hydrogen-bond donors (Lipinski definition) is 1. The lowest BCUT2D eigenvalue weighted by atomic mass is 9.99. The largest absolute Gasteiger partial charge is 0.497 e. The predicted molar refractivity (Wildman–Crippen MR) is 117 cm³/mol. The third-order valence-electron chi connectivity index (χ3n) is 5.45. The topological polar surface area (TPSA) is 50.3 Å². The molecule has 3 aromatic rings. The molecule has 1 aliphatic heterocycles. The summed E-state index contributed by atoms with van der Waals surface area (Å²) >= 11 is 0. The molecule has 0 fully saturated rings. The molecule has 150 valence electrons. The Kier molecular flexibility index (Phi) is 6.06. The second kappa shape index (κ2) is 9.05. The number of ether oxygens (including phenoxy) is 1. The van der Waals surface area contributed by atoms with Gasteiger partial charge in [0.15, 0.2) is 0 Å². The van der Waals surface area contributed by atoms with Gasteiger partial charge in [0.1, 0.15) is 5.75 Å². The smallest absolute Gasteiger partial charge is 0.118 e. The first-order chi connectivity index (χ1) is 14.2. The highest BCUT2D eigenvalue weighted by Gasteiger charge is 2.13. The van der Waals surface area contributed by atoms with Gasteiger partial charge in [-0.1, -0.05) is 6.07 Å². The molecule has 29 heavy (non-hydrogen) atoms. The highest BCUT2D eigenvalue weighted by Crippen LogP contribution is 2.22. The molecule has 5 heteroatoms. The fourth-order valence-electron chi connectivity index (χ4n) is 3.72. The van der Waals surface area contributed by atoms with Crippen LogP contribution in [0.3, 0.4) is 0 Å². The molecule has 0 aliphatic carbocycles. The number of anilines is 1. The molecule has 0 saturated heterocycles. The van der Waals surface area contributed by atoms with Gasteiger partial charge in [0.05, 0.1) is 18.5 Å². The van der Waals surface area contributed by atoms with Crippen molar-refractivity contribution < 1.29 is 4.74 Å². The number of nitrogens with one attached hydrogen (secondary N) is 1. The monoisotopic (exact) mass is 388 g/mol. The highest BCUT2D eigenvalue weighted by molar-refractivity contribution is 5.59. The van der Waals surface area contributed by atoms with Gasteiger partial charge in [0.25, 0.3) is 0 Å². The van der Waals surface area contributed by atoms with Crippen LogP contribution in [0.15, 0.2) is 54.6 Å². The van der Waals surface area contributed by atoms with Crippen molar-refractivity contribution in [1.29, 1.82) is 0 Å². The summed E-state index contributed by atoms with van der Waals surface area (Å²) in [7, 11) is 3.85. The average molecular weight is 389 g/mol. The van der Waals surface area contributed by atoms with E-state index in [0.717, 1.165) is 61.6 Å². The van der Waals surface area contributed by atoms with Crippen molar-refractivity contribution >= 4 is 5.69 Å². The number of likely N-dealkylation sites (N-methyl/N-ethyl adjacent to an activating group) is 1. The highest BCUT2D eigenvalue weighted by atomic mass is 16.5. The first-order valence-corrected chi connectivity index (χ1v) is 10.2. The van der Waals surface area contributed by atoms with Crippen LogP contribution in [0.4, 0.5) is 5.69 Å². The number of nitrogens with zero attached hydrogens (tertiary/aromatic N) is 3. The van der Waals surface area contributed by atoms with Crippen molar-refractivity contribution in [1.82, 2.24) is 15.1 Å². The maximum atomic E-state index is 5.20. The Labute approximate surface area is 172 Å². The molecule has 2 heterocycles. The van der Waals surface area contributed by atoms with Crippen LogP contribution in [0, 0.1) is 0 Å². The van der Waals surface area contributed by atoms with Crippen LogP contribution in [-0.2, 0) is 19.4 Å². The zero-order valence-corrected chi connectivity index (χ0v) is 17.2. The minimum atomic E-state index is 0.845. The van der Waals surface area contributed by atoms with Crippen LogP contribution in [0.25, 0.3) is 11.3 Å². The molecule has 1 N–H and O–H groups in total. The first kappa shape index (κ1) is 19.4. The second-order valence-electron chi connectivity index (χ2n) is 7.64. The molecular formula is C24H28N4O. The first-order valence-electron chi connectivity index (χ1n) is 10.2. The summed E-state index contributed by atoms with van der Waals surface area (Å²) in [6.45, 7) is 3.13. The molecule has 4 rings (SSSR count). The van der Waals surface area contributed by atoms with Gasteiger partial charge >= 0.3 is 0 Å². The van der Waals surface area contributed by atoms with E-state index < -0.39 is 0 Å². The fourth-order valence-corrected chi connectivity index (χ4v) is 3.72. The van der Waals surface area contributed by atoms with Gasteiger partial charge in [-0.15, -0.1) is 0 Å². The lowest BCUT2D eigenvalue weighted by molar-refractivity contribution is 0.313. The number of aryl methyl sites for hydroxylation is 1. The van der Waals surface area contributed by atoms with E-state index in [2.05, 4.69) is 51.7 Å². The normalized spacial score (nSPS) is 13.7. The minimum Gasteiger partial charge on any atom is -0.497 e. The molecular weight excluding hydrogens is 360 g/mol. The maximum absolute atomic E-state index is 5.20. The van der Waals surface area contributed by atoms with Crippen molar-refractivity contribution in [2.45, 2.75) is 25.8 Å². The van der Waals surface area contributed by atoms with E-state index >= 15 is 0 Å².